The van der Waals surface area contributed by atoms with Crippen molar-refractivity contribution < 1.29 is 39.6 Å². The molecule has 2 fully saturated rings. The van der Waals surface area contributed by atoms with E-state index in [4.69, 9.17) is 5.11 Å². The Morgan fingerprint density at radius 1 is 1.18 bits per heavy atom. The number of hydrogen-bond acceptors (Lipinski definition) is 8. The summed E-state index contributed by atoms with van der Waals surface area (Å²) in [6.07, 6.45) is -0.731. The lowest BCUT2D eigenvalue weighted by Gasteiger charge is -2.27. The fraction of sp³-hybridized carbons (Fsp3) is 0.545. The number of anilines is 1. The first kappa shape index (κ1) is 25.9. The Morgan fingerprint density at radius 2 is 1.88 bits per heavy atom. The SMILES string of the molecule is C[C@@H]1[C@H]([C@H](C(=O)O)[C@@H](C)O)NC(C(=O)O)[C@H]1S[C@@H]1CN[C@H](C(=O)Nc2cccc(C(=O)O)c2)C1. The molecule has 2 heterocycles. The molecule has 12 heteroatoms. The standard InChI is InChI=1S/C22H29N3O8S/c1-9-16(15(10(2)26)21(30)31)25-17(22(32)33)18(9)34-13-7-14(23-8-13)19(27)24-12-5-3-4-11(6-12)20(28)29/h3-6,9-10,13-18,23,25-26H,7-8H2,1-2H3,(H,24,27)(H,28,29)(H,30,31)(H,32,33)/t9-,10-,13+,14+,15-,16-,17?,18+/m1/s1. The van der Waals surface area contributed by atoms with Gasteiger partial charge < -0.3 is 31.1 Å². The number of nitrogens with one attached hydrogen (secondary N) is 3. The van der Waals surface area contributed by atoms with Crippen molar-refractivity contribution in [3.05, 3.63) is 29.8 Å². The first-order valence-electron chi connectivity index (χ1n) is 10.9. The average molecular weight is 496 g/mol. The molecule has 8 atom stereocenters. The second-order valence-electron chi connectivity index (χ2n) is 8.77. The summed E-state index contributed by atoms with van der Waals surface area (Å²) in [5, 5.41) is 46.5. The second-order valence-corrected chi connectivity index (χ2v) is 10.2. The van der Waals surface area contributed by atoms with Crippen molar-refractivity contribution in [3.63, 3.8) is 0 Å². The number of rotatable bonds is 9. The van der Waals surface area contributed by atoms with Gasteiger partial charge in [0.1, 0.15) is 6.04 Å². The van der Waals surface area contributed by atoms with Crippen LogP contribution in [0.5, 0.6) is 0 Å². The van der Waals surface area contributed by atoms with Crippen molar-refractivity contribution in [2.24, 2.45) is 11.8 Å². The molecule has 2 aliphatic heterocycles. The highest BCUT2D eigenvalue weighted by Gasteiger charge is 2.51. The van der Waals surface area contributed by atoms with E-state index in [0.717, 1.165) is 0 Å². The van der Waals surface area contributed by atoms with E-state index >= 15 is 0 Å². The normalized spacial score (nSPS) is 30.4. The zero-order chi connectivity index (χ0) is 25.2. The van der Waals surface area contributed by atoms with Gasteiger partial charge in [0.25, 0.3) is 0 Å². The van der Waals surface area contributed by atoms with Crippen LogP contribution in [0.15, 0.2) is 24.3 Å². The largest absolute Gasteiger partial charge is 0.481 e. The van der Waals surface area contributed by atoms with Gasteiger partial charge in [0.05, 0.1) is 23.6 Å². The molecule has 0 radical (unpaired) electrons. The first-order chi connectivity index (χ1) is 16.0. The minimum atomic E-state index is -1.19. The number of hydrogen-bond donors (Lipinski definition) is 7. The van der Waals surface area contributed by atoms with E-state index in [1.807, 2.05) is 0 Å². The zero-order valence-corrected chi connectivity index (χ0v) is 19.5. The molecule has 1 unspecified atom stereocenters. The quantitative estimate of drug-likeness (QED) is 0.250. The van der Waals surface area contributed by atoms with E-state index in [-0.39, 0.29) is 22.6 Å². The van der Waals surface area contributed by atoms with Crippen LogP contribution in [-0.4, -0.2) is 85.5 Å². The number of aromatic carboxylic acids is 1. The maximum absolute atomic E-state index is 12.7. The molecule has 0 spiro atoms. The summed E-state index contributed by atoms with van der Waals surface area (Å²) in [5.74, 6) is -5.22. The summed E-state index contributed by atoms with van der Waals surface area (Å²) in [6.45, 7) is 3.61. The van der Waals surface area contributed by atoms with E-state index in [2.05, 4.69) is 16.0 Å². The number of aliphatic hydroxyl groups is 1. The predicted octanol–water partition coefficient (Wildman–Crippen LogP) is 0.298. The van der Waals surface area contributed by atoms with Crippen LogP contribution < -0.4 is 16.0 Å². The molecule has 7 N–H and O–H groups in total. The second kappa shape index (κ2) is 10.7. The van der Waals surface area contributed by atoms with E-state index < -0.39 is 53.3 Å². The van der Waals surface area contributed by atoms with Gasteiger partial charge in [-0.2, -0.15) is 11.8 Å². The van der Waals surface area contributed by atoms with Crippen molar-refractivity contribution in [2.75, 3.05) is 11.9 Å². The number of thioether (sulfide) groups is 1. The lowest BCUT2D eigenvalue weighted by Crippen LogP contribution is -2.47. The van der Waals surface area contributed by atoms with Crippen molar-refractivity contribution in [3.8, 4) is 0 Å². The maximum Gasteiger partial charge on any atom is 0.335 e. The van der Waals surface area contributed by atoms with Gasteiger partial charge in [-0.3, -0.25) is 19.7 Å². The Hall–Kier alpha value is -2.67. The van der Waals surface area contributed by atoms with E-state index in [1.165, 1.54) is 36.9 Å². The fourth-order valence-electron chi connectivity index (χ4n) is 4.66. The summed E-state index contributed by atoms with van der Waals surface area (Å²) in [4.78, 5) is 47.4. The maximum atomic E-state index is 12.7. The minimum Gasteiger partial charge on any atom is -0.481 e. The molecule has 34 heavy (non-hydrogen) atoms. The molecule has 2 saturated heterocycles. The number of benzene rings is 1. The Bertz CT molecular complexity index is 958. The van der Waals surface area contributed by atoms with Gasteiger partial charge in [-0.05, 0) is 37.5 Å². The van der Waals surface area contributed by atoms with Crippen LogP contribution in [0.4, 0.5) is 5.69 Å². The van der Waals surface area contributed by atoms with E-state index in [0.29, 0.717) is 18.7 Å². The Labute approximate surface area is 200 Å². The average Bonchev–Trinajstić information content (AvgIpc) is 3.34. The van der Waals surface area contributed by atoms with Crippen LogP contribution in [-0.2, 0) is 14.4 Å². The fourth-order valence-corrected chi connectivity index (χ4v) is 6.36. The van der Waals surface area contributed by atoms with Crippen LogP contribution >= 0.6 is 11.8 Å². The topological polar surface area (TPSA) is 185 Å². The van der Waals surface area contributed by atoms with Gasteiger partial charge in [0.15, 0.2) is 0 Å². The van der Waals surface area contributed by atoms with Gasteiger partial charge in [0.2, 0.25) is 5.91 Å². The Morgan fingerprint density at radius 3 is 2.47 bits per heavy atom. The van der Waals surface area contributed by atoms with Crippen molar-refractivity contribution in [2.45, 2.75) is 55.0 Å². The number of carbonyl (C=O) groups is 4. The monoisotopic (exact) mass is 495 g/mol. The van der Waals surface area contributed by atoms with Crippen molar-refractivity contribution in [1.82, 2.24) is 10.6 Å². The molecule has 1 aromatic carbocycles. The summed E-state index contributed by atoms with van der Waals surface area (Å²) < 4.78 is 0. The smallest absolute Gasteiger partial charge is 0.335 e. The summed E-state index contributed by atoms with van der Waals surface area (Å²) in [6, 6.07) is 3.67. The predicted molar refractivity (Wildman–Crippen MR) is 124 cm³/mol. The lowest BCUT2D eigenvalue weighted by atomic mass is 9.87. The Balaban J connectivity index is 1.64. The van der Waals surface area contributed by atoms with Crippen LogP contribution in [0, 0.1) is 11.8 Å². The number of carbonyl (C=O) groups excluding carboxylic acids is 1. The highest BCUT2D eigenvalue weighted by atomic mass is 32.2. The lowest BCUT2D eigenvalue weighted by molar-refractivity contribution is -0.147. The van der Waals surface area contributed by atoms with Crippen molar-refractivity contribution in [1.29, 1.82) is 0 Å². The molecular formula is C22H29N3O8S. The third-order valence-electron chi connectivity index (χ3n) is 6.38. The van der Waals surface area contributed by atoms with Crippen LogP contribution in [0.25, 0.3) is 0 Å². The molecule has 3 rings (SSSR count). The summed E-state index contributed by atoms with van der Waals surface area (Å²) in [7, 11) is 0. The number of amides is 1. The number of carboxylic acid groups (broad SMARTS) is 3. The van der Waals surface area contributed by atoms with E-state index in [1.54, 1.807) is 13.0 Å². The van der Waals surface area contributed by atoms with Gasteiger partial charge in [-0.25, -0.2) is 4.79 Å². The third-order valence-corrected chi connectivity index (χ3v) is 8.14. The highest BCUT2D eigenvalue weighted by Crippen LogP contribution is 2.39. The van der Waals surface area contributed by atoms with Crippen LogP contribution in [0.3, 0.4) is 0 Å². The number of aliphatic carboxylic acids is 2. The first-order valence-corrected chi connectivity index (χ1v) is 11.9. The van der Waals surface area contributed by atoms with Gasteiger partial charge >= 0.3 is 17.9 Å². The van der Waals surface area contributed by atoms with Gasteiger partial charge in [0, 0.05) is 28.8 Å². The minimum absolute atomic E-state index is 0.0551. The zero-order valence-electron chi connectivity index (χ0n) is 18.7. The molecule has 1 amide bonds. The van der Waals surface area contributed by atoms with Gasteiger partial charge in [-0.1, -0.05) is 13.0 Å². The Kier molecular flexibility index (Phi) is 8.18. The van der Waals surface area contributed by atoms with E-state index in [9.17, 15) is 34.5 Å². The van der Waals surface area contributed by atoms with Crippen molar-refractivity contribution >= 4 is 41.3 Å². The third kappa shape index (κ3) is 5.69. The molecule has 0 bridgehead atoms. The molecule has 11 nitrogen and oxygen atoms in total. The summed E-state index contributed by atoms with van der Waals surface area (Å²) >= 11 is 1.40. The van der Waals surface area contributed by atoms with Crippen LogP contribution in [0.2, 0.25) is 0 Å². The molecule has 0 aliphatic carbocycles. The number of aliphatic hydroxyl groups excluding tert-OH is 1. The molecule has 2 aliphatic rings. The molecular weight excluding hydrogens is 466 g/mol. The highest BCUT2D eigenvalue weighted by molar-refractivity contribution is 8.00. The molecule has 0 aromatic heterocycles. The molecule has 1 aromatic rings. The van der Waals surface area contributed by atoms with Gasteiger partial charge in [-0.15, -0.1) is 0 Å². The summed E-state index contributed by atoms with van der Waals surface area (Å²) in [5.41, 5.74) is 0.419. The van der Waals surface area contributed by atoms with Crippen LogP contribution in [0.1, 0.15) is 30.6 Å². The molecule has 0 saturated carbocycles. The molecule has 186 valence electrons. The number of carboxylic acids is 3.